The van der Waals surface area contributed by atoms with E-state index in [1.165, 1.54) is 18.7 Å². The van der Waals surface area contributed by atoms with Gasteiger partial charge in [0.2, 0.25) is 11.8 Å². The molecule has 2 aromatic carbocycles. The van der Waals surface area contributed by atoms with Gasteiger partial charge in [-0.25, -0.2) is 0 Å². The standard InChI is InChI=1S/C20H22N2O3S/c1-3-4-19(24)21-17-9-11-18(12-10-17)26-13-20(25)22-16-7-5-15(6-8-16)14(2)23/h5-12H,3-4,13H2,1-2H3,(H,21,24)(H,22,25). The number of nitrogens with one attached hydrogen (secondary N) is 2. The summed E-state index contributed by atoms with van der Waals surface area (Å²) in [6, 6.07) is 14.2. The van der Waals surface area contributed by atoms with Gasteiger partial charge < -0.3 is 10.6 Å². The molecular weight excluding hydrogens is 348 g/mol. The topological polar surface area (TPSA) is 75.3 Å². The number of hydrogen-bond donors (Lipinski definition) is 2. The van der Waals surface area contributed by atoms with Gasteiger partial charge in [-0.05, 0) is 61.9 Å². The Hall–Kier alpha value is -2.60. The lowest BCUT2D eigenvalue weighted by Gasteiger charge is -2.07. The Labute approximate surface area is 157 Å². The molecule has 0 fully saturated rings. The molecule has 26 heavy (non-hydrogen) atoms. The third kappa shape index (κ3) is 6.37. The Balaban J connectivity index is 1.81. The molecule has 0 heterocycles. The smallest absolute Gasteiger partial charge is 0.234 e. The minimum absolute atomic E-state index is 0.00284. The zero-order valence-electron chi connectivity index (χ0n) is 14.9. The molecule has 6 heteroatoms. The molecule has 0 unspecified atom stereocenters. The van der Waals surface area contributed by atoms with E-state index in [0.29, 0.717) is 17.7 Å². The van der Waals surface area contributed by atoms with Gasteiger partial charge in [0, 0.05) is 28.3 Å². The summed E-state index contributed by atoms with van der Waals surface area (Å²) in [5.41, 5.74) is 2.03. The zero-order valence-corrected chi connectivity index (χ0v) is 15.7. The summed E-state index contributed by atoms with van der Waals surface area (Å²) in [5.74, 6) is 0.150. The van der Waals surface area contributed by atoms with Crippen molar-refractivity contribution in [2.45, 2.75) is 31.6 Å². The molecule has 5 nitrogen and oxygen atoms in total. The predicted molar refractivity (Wildman–Crippen MR) is 106 cm³/mol. The second-order valence-electron chi connectivity index (χ2n) is 5.79. The van der Waals surface area contributed by atoms with Gasteiger partial charge in [-0.15, -0.1) is 11.8 Å². The Kier molecular flexibility index (Phi) is 7.41. The Morgan fingerprint density at radius 1 is 0.846 bits per heavy atom. The number of carbonyl (C=O) groups is 3. The maximum Gasteiger partial charge on any atom is 0.234 e. The minimum Gasteiger partial charge on any atom is -0.326 e. The van der Waals surface area contributed by atoms with Crippen LogP contribution in [0.1, 0.15) is 37.0 Å². The molecule has 2 N–H and O–H groups in total. The molecule has 0 spiro atoms. The van der Waals surface area contributed by atoms with Gasteiger partial charge in [0.25, 0.3) is 0 Å². The summed E-state index contributed by atoms with van der Waals surface area (Å²) >= 11 is 1.41. The first kappa shape index (κ1) is 19.7. The number of amides is 2. The Bertz CT molecular complexity index is 771. The molecule has 0 radical (unpaired) electrons. The van der Waals surface area contributed by atoms with Gasteiger partial charge >= 0.3 is 0 Å². The van der Waals surface area contributed by atoms with Gasteiger partial charge in [0.05, 0.1) is 5.75 Å². The highest BCUT2D eigenvalue weighted by molar-refractivity contribution is 8.00. The van der Waals surface area contributed by atoms with Crippen LogP contribution in [0, 0.1) is 0 Å². The van der Waals surface area contributed by atoms with Crippen molar-refractivity contribution in [3.63, 3.8) is 0 Å². The van der Waals surface area contributed by atoms with Crippen molar-refractivity contribution in [1.29, 1.82) is 0 Å². The second-order valence-corrected chi connectivity index (χ2v) is 6.84. The normalized spacial score (nSPS) is 10.2. The van der Waals surface area contributed by atoms with Crippen molar-refractivity contribution in [3.05, 3.63) is 54.1 Å². The third-order valence-corrected chi connectivity index (χ3v) is 4.57. The molecular formula is C20H22N2O3S. The van der Waals surface area contributed by atoms with Crippen LogP contribution in [0.3, 0.4) is 0 Å². The summed E-state index contributed by atoms with van der Waals surface area (Å²) in [4.78, 5) is 35.8. The minimum atomic E-state index is -0.120. The monoisotopic (exact) mass is 370 g/mol. The van der Waals surface area contributed by atoms with Gasteiger partial charge in [-0.1, -0.05) is 6.92 Å². The van der Waals surface area contributed by atoms with Crippen LogP contribution in [0.4, 0.5) is 11.4 Å². The molecule has 0 saturated heterocycles. The van der Waals surface area contributed by atoms with E-state index in [4.69, 9.17) is 0 Å². The SMILES string of the molecule is CCCC(=O)Nc1ccc(SCC(=O)Nc2ccc(C(C)=O)cc2)cc1. The van der Waals surface area contributed by atoms with Crippen molar-refractivity contribution < 1.29 is 14.4 Å². The lowest BCUT2D eigenvalue weighted by molar-refractivity contribution is -0.116. The summed E-state index contributed by atoms with van der Waals surface area (Å²) in [6.45, 7) is 3.47. The molecule has 0 aliphatic carbocycles. The van der Waals surface area contributed by atoms with E-state index in [0.717, 1.165) is 17.0 Å². The maximum absolute atomic E-state index is 12.0. The Morgan fingerprint density at radius 3 is 1.92 bits per heavy atom. The van der Waals surface area contributed by atoms with Crippen LogP contribution in [-0.2, 0) is 9.59 Å². The van der Waals surface area contributed by atoms with E-state index >= 15 is 0 Å². The van der Waals surface area contributed by atoms with Crippen LogP contribution in [0.25, 0.3) is 0 Å². The fourth-order valence-electron chi connectivity index (χ4n) is 2.22. The second kappa shape index (κ2) is 9.77. The lowest BCUT2D eigenvalue weighted by atomic mass is 10.1. The van der Waals surface area contributed by atoms with Crippen LogP contribution >= 0.6 is 11.8 Å². The maximum atomic E-state index is 12.0. The molecule has 2 aromatic rings. The van der Waals surface area contributed by atoms with Crippen LogP contribution < -0.4 is 10.6 Å². The summed E-state index contributed by atoms with van der Waals surface area (Å²) < 4.78 is 0. The Morgan fingerprint density at radius 2 is 1.38 bits per heavy atom. The van der Waals surface area contributed by atoms with Gasteiger partial charge in [-0.3, -0.25) is 14.4 Å². The van der Waals surface area contributed by atoms with E-state index in [9.17, 15) is 14.4 Å². The van der Waals surface area contributed by atoms with E-state index < -0.39 is 0 Å². The van der Waals surface area contributed by atoms with Crippen molar-refractivity contribution >= 4 is 40.7 Å². The summed E-state index contributed by atoms with van der Waals surface area (Å²) in [6.07, 6.45) is 1.32. The van der Waals surface area contributed by atoms with E-state index in [1.807, 2.05) is 31.2 Å². The number of carbonyl (C=O) groups excluding carboxylic acids is 3. The quantitative estimate of drug-likeness (QED) is 0.535. The molecule has 0 atom stereocenters. The first-order chi connectivity index (χ1) is 12.5. The first-order valence-electron chi connectivity index (χ1n) is 8.41. The van der Waals surface area contributed by atoms with E-state index in [2.05, 4.69) is 10.6 Å². The number of Topliss-reactive ketones (excluding diaryl/α,β-unsaturated/α-hetero) is 1. The third-order valence-electron chi connectivity index (χ3n) is 3.56. The van der Waals surface area contributed by atoms with Crippen LogP contribution in [0.5, 0.6) is 0 Å². The summed E-state index contributed by atoms with van der Waals surface area (Å²) in [7, 11) is 0. The molecule has 2 amide bonds. The molecule has 0 saturated carbocycles. The van der Waals surface area contributed by atoms with Gasteiger partial charge in [-0.2, -0.15) is 0 Å². The zero-order chi connectivity index (χ0) is 18.9. The molecule has 0 bridgehead atoms. The highest BCUT2D eigenvalue weighted by Gasteiger charge is 2.06. The number of thioether (sulfide) groups is 1. The molecule has 0 aliphatic heterocycles. The van der Waals surface area contributed by atoms with E-state index in [1.54, 1.807) is 24.3 Å². The number of hydrogen-bond acceptors (Lipinski definition) is 4. The van der Waals surface area contributed by atoms with Crippen molar-refractivity contribution in [2.75, 3.05) is 16.4 Å². The average Bonchev–Trinajstić information content (AvgIpc) is 2.62. The van der Waals surface area contributed by atoms with Crippen molar-refractivity contribution in [3.8, 4) is 0 Å². The van der Waals surface area contributed by atoms with Crippen molar-refractivity contribution in [1.82, 2.24) is 0 Å². The van der Waals surface area contributed by atoms with Crippen LogP contribution in [-0.4, -0.2) is 23.4 Å². The van der Waals surface area contributed by atoms with Crippen LogP contribution in [0.2, 0.25) is 0 Å². The number of ketones is 1. The van der Waals surface area contributed by atoms with Crippen molar-refractivity contribution in [2.24, 2.45) is 0 Å². The highest BCUT2D eigenvalue weighted by atomic mass is 32.2. The number of anilines is 2. The van der Waals surface area contributed by atoms with Gasteiger partial charge in [0.1, 0.15) is 0 Å². The molecule has 0 aliphatic rings. The van der Waals surface area contributed by atoms with Crippen LogP contribution in [0.15, 0.2) is 53.4 Å². The van der Waals surface area contributed by atoms with Gasteiger partial charge in [0.15, 0.2) is 5.78 Å². The fourth-order valence-corrected chi connectivity index (χ4v) is 2.92. The molecule has 0 aromatic heterocycles. The fraction of sp³-hybridized carbons (Fsp3) is 0.250. The highest BCUT2D eigenvalue weighted by Crippen LogP contribution is 2.21. The summed E-state index contributed by atoms with van der Waals surface area (Å²) in [5, 5.41) is 5.63. The number of rotatable bonds is 8. The molecule has 136 valence electrons. The number of benzene rings is 2. The lowest BCUT2D eigenvalue weighted by Crippen LogP contribution is -2.14. The van der Waals surface area contributed by atoms with E-state index in [-0.39, 0.29) is 23.4 Å². The predicted octanol–water partition coefficient (Wildman–Crippen LogP) is 4.36. The average molecular weight is 370 g/mol. The molecule has 2 rings (SSSR count). The largest absolute Gasteiger partial charge is 0.326 e. The first-order valence-corrected chi connectivity index (χ1v) is 9.40.